The predicted molar refractivity (Wildman–Crippen MR) is 67.8 cm³/mol. The molecule has 0 fully saturated rings. The van der Waals surface area contributed by atoms with Gasteiger partial charge in [0.25, 0.3) is 0 Å². The van der Waals surface area contributed by atoms with Crippen LogP contribution < -0.4 is 11.2 Å². The predicted octanol–water partition coefficient (Wildman–Crippen LogP) is 1.64. The maximum atomic E-state index is 12.0. The highest BCUT2D eigenvalue weighted by molar-refractivity contribution is 9.15. The Hall–Kier alpha value is -1.95. The monoisotopic (exact) mass is 293 g/mol. The lowest BCUT2D eigenvalue weighted by atomic mass is 9.95. The van der Waals surface area contributed by atoms with Crippen LogP contribution in [0.4, 0.5) is 4.79 Å². The van der Waals surface area contributed by atoms with Crippen LogP contribution in [0.3, 0.4) is 0 Å². The molecule has 2 amide bonds. The number of halogens is 1. The molecule has 1 aliphatic carbocycles. The van der Waals surface area contributed by atoms with Crippen LogP contribution in [0.5, 0.6) is 0 Å². The number of allylic oxidation sites excluding steroid dienone is 1. The minimum absolute atomic E-state index is 0.134. The molecular weight excluding hydrogens is 286 g/mol. The number of hydrogen-bond donors (Lipinski definition) is 2. The third-order valence-corrected chi connectivity index (χ3v) is 2.87. The second-order valence-corrected chi connectivity index (χ2v) is 4.19. The highest BCUT2D eigenvalue weighted by Gasteiger charge is 2.22. The van der Waals surface area contributed by atoms with Crippen molar-refractivity contribution in [1.82, 2.24) is 5.43 Å². The van der Waals surface area contributed by atoms with Crippen LogP contribution in [0.25, 0.3) is 4.48 Å². The van der Waals surface area contributed by atoms with E-state index in [1.165, 1.54) is 0 Å². The summed E-state index contributed by atoms with van der Waals surface area (Å²) in [4.78, 5) is 22.5. The molecule has 86 valence electrons. The number of fused-ring (bicyclic) bond motifs is 1. The maximum Gasteiger partial charge on any atom is 0.332 e. The first-order valence-electron chi connectivity index (χ1n) is 4.74. The van der Waals surface area contributed by atoms with Crippen LogP contribution in [0, 0.1) is 0 Å². The number of ketones is 1. The van der Waals surface area contributed by atoms with Crippen LogP contribution in [0.2, 0.25) is 0 Å². The van der Waals surface area contributed by atoms with Gasteiger partial charge in [-0.25, -0.2) is 10.2 Å². The van der Waals surface area contributed by atoms with Gasteiger partial charge in [-0.3, -0.25) is 4.79 Å². The largest absolute Gasteiger partial charge is 0.350 e. The van der Waals surface area contributed by atoms with Crippen LogP contribution in [-0.2, 0) is 0 Å². The Balaban J connectivity index is 2.45. The third kappa shape index (κ3) is 2.26. The van der Waals surface area contributed by atoms with E-state index in [1.54, 1.807) is 18.2 Å². The number of rotatable bonds is 1. The average Bonchev–Trinajstić information content (AvgIpc) is 2.32. The Bertz CT molecular complexity index is 564. The first kappa shape index (κ1) is 11.5. The Morgan fingerprint density at radius 1 is 1.29 bits per heavy atom. The Kier molecular flexibility index (Phi) is 3.06. The van der Waals surface area contributed by atoms with Crippen LogP contribution >= 0.6 is 15.9 Å². The third-order valence-electron chi connectivity index (χ3n) is 2.21. The summed E-state index contributed by atoms with van der Waals surface area (Å²) in [6, 6.07) is 6.32. The fraction of sp³-hybridized carbons (Fsp3) is 0. The van der Waals surface area contributed by atoms with E-state index in [0.29, 0.717) is 5.56 Å². The summed E-state index contributed by atoms with van der Waals surface area (Å²) in [5.74, 6) is -0.252. The van der Waals surface area contributed by atoms with Crippen molar-refractivity contribution in [1.29, 1.82) is 0 Å². The molecule has 0 saturated heterocycles. The molecule has 5 nitrogen and oxygen atoms in total. The lowest BCUT2D eigenvalue weighted by Crippen LogP contribution is -2.28. The molecule has 0 aromatic heterocycles. The normalized spacial score (nSPS) is 16.4. The van der Waals surface area contributed by atoms with E-state index < -0.39 is 6.03 Å². The number of primary amides is 1. The van der Waals surface area contributed by atoms with Gasteiger partial charge in [0.05, 0.1) is 0 Å². The molecule has 0 aliphatic heterocycles. The van der Waals surface area contributed by atoms with Gasteiger partial charge in [0.2, 0.25) is 5.78 Å². The first-order chi connectivity index (χ1) is 8.09. The number of hydrazone groups is 1. The molecule has 1 aliphatic rings. The molecule has 0 bridgehead atoms. The van der Waals surface area contributed by atoms with E-state index in [1.807, 2.05) is 17.6 Å². The van der Waals surface area contributed by atoms with Crippen molar-refractivity contribution in [3.8, 4) is 0 Å². The number of nitrogens with one attached hydrogen (secondary N) is 1. The summed E-state index contributed by atoms with van der Waals surface area (Å²) in [6.45, 7) is 0. The van der Waals surface area contributed by atoms with Gasteiger partial charge in [-0.15, -0.1) is 0 Å². The van der Waals surface area contributed by atoms with E-state index in [0.717, 1.165) is 10.0 Å². The number of amides is 2. The van der Waals surface area contributed by atoms with Gasteiger partial charge < -0.3 is 5.73 Å². The Morgan fingerprint density at radius 2 is 1.94 bits per heavy atom. The molecule has 1 aromatic carbocycles. The highest BCUT2D eigenvalue weighted by atomic mass is 79.9. The van der Waals surface area contributed by atoms with Gasteiger partial charge in [0.1, 0.15) is 5.71 Å². The van der Waals surface area contributed by atoms with Crippen LogP contribution in [0.1, 0.15) is 15.9 Å². The lowest BCUT2D eigenvalue weighted by molar-refractivity contribution is 0.106. The number of carbonyl (C=O) groups excluding carboxylic acids is 2. The zero-order valence-corrected chi connectivity index (χ0v) is 10.2. The second kappa shape index (κ2) is 4.50. The number of benzene rings is 1. The van der Waals surface area contributed by atoms with E-state index in [-0.39, 0.29) is 11.5 Å². The van der Waals surface area contributed by atoms with Crippen molar-refractivity contribution >= 4 is 37.9 Å². The van der Waals surface area contributed by atoms with Gasteiger partial charge in [-0.2, -0.15) is 5.10 Å². The second-order valence-electron chi connectivity index (χ2n) is 3.34. The zero-order chi connectivity index (χ0) is 12.4. The summed E-state index contributed by atoms with van der Waals surface area (Å²) in [5.41, 5.74) is 8.39. The number of hydrogen-bond acceptors (Lipinski definition) is 3. The minimum atomic E-state index is -0.811. The van der Waals surface area contributed by atoms with Crippen LogP contribution in [0.15, 0.2) is 35.4 Å². The summed E-state index contributed by atoms with van der Waals surface area (Å²) < 4.78 is 0.734. The van der Waals surface area contributed by atoms with Crippen molar-refractivity contribution in [2.45, 2.75) is 0 Å². The summed E-state index contributed by atoms with van der Waals surface area (Å²) in [5, 5.41) is 3.65. The number of nitrogens with two attached hydrogens (primary N) is 1. The van der Waals surface area contributed by atoms with Crippen molar-refractivity contribution in [2.24, 2.45) is 10.8 Å². The smallest absolute Gasteiger partial charge is 0.332 e. The number of urea groups is 1. The van der Waals surface area contributed by atoms with E-state index in [4.69, 9.17) is 5.73 Å². The summed E-state index contributed by atoms with van der Waals surface area (Å²) in [7, 11) is 0. The van der Waals surface area contributed by atoms with E-state index >= 15 is 0 Å². The fourth-order valence-corrected chi connectivity index (χ4v) is 2.05. The first-order valence-corrected chi connectivity index (χ1v) is 5.53. The van der Waals surface area contributed by atoms with Gasteiger partial charge in [-0.05, 0) is 11.6 Å². The molecular formula is C11H8BrN3O2. The highest BCUT2D eigenvalue weighted by Crippen LogP contribution is 2.29. The molecule has 1 aromatic rings. The maximum absolute atomic E-state index is 12.0. The fourth-order valence-electron chi connectivity index (χ4n) is 1.49. The summed E-state index contributed by atoms with van der Waals surface area (Å²) >= 11 is 3.35. The molecule has 0 heterocycles. The lowest BCUT2D eigenvalue weighted by Gasteiger charge is -2.13. The average molecular weight is 294 g/mol. The molecule has 0 radical (unpaired) electrons. The Labute approximate surface area is 106 Å². The molecule has 0 saturated carbocycles. The number of nitrogens with zero attached hydrogens (tertiary/aromatic N) is 1. The number of carbonyl (C=O) groups is 2. The van der Waals surface area contributed by atoms with Crippen molar-refractivity contribution in [3.05, 3.63) is 41.5 Å². The van der Waals surface area contributed by atoms with Gasteiger partial charge in [0.15, 0.2) is 0 Å². The van der Waals surface area contributed by atoms with Crippen molar-refractivity contribution in [2.75, 3.05) is 0 Å². The number of Topliss-reactive ketones (excluding diaryl/α,β-unsaturated/α-hetero) is 1. The quantitative estimate of drug-likeness (QED) is 0.772. The van der Waals surface area contributed by atoms with E-state index in [2.05, 4.69) is 21.0 Å². The summed E-state index contributed by atoms with van der Waals surface area (Å²) in [6.07, 6.45) is 1.54. The van der Waals surface area contributed by atoms with Gasteiger partial charge >= 0.3 is 6.03 Å². The molecule has 17 heavy (non-hydrogen) atoms. The SMILES string of the molecule is NC(=O)N/N=C1\C=C(Br)c2ccccc2C1=O. The molecule has 3 N–H and O–H groups in total. The minimum Gasteiger partial charge on any atom is -0.350 e. The standard InChI is InChI=1S/C11H8BrN3O2/c12-8-5-9(14-15-11(13)17)10(16)7-4-2-1-3-6(7)8/h1-5H,(H3,13,15,17)/b14-9+. The van der Waals surface area contributed by atoms with Crippen molar-refractivity contribution < 1.29 is 9.59 Å². The topological polar surface area (TPSA) is 84.6 Å². The van der Waals surface area contributed by atoms with Gasteiger partial charge in [-0.1, -0.05) is 40.2 Å². The van der Waals surface area contributed by atoms with Crippen molar-refractivity contribution in [3.63, 3.8) is 0 Å². The van der Waals surface area contributed by atoms with Gasteiger partial charge in [0, 0.05) is 10.0 Å². The van der Waals surface area contributed by atoms with E-state index in [9.17, 15) is 9.59 Å². The zero-order valence-electron chi connectivity index (χ0n) is 8.61. The molecule has 0 atom stereocenters. The molecule has 0 unspecified atom stereocenters. The molecule has 6 heteroatoms. The Morgan fingerprint density at radius 3 is 2.59 bits per heavy atom. The molecule has 2 rings (SSSR count). The molecule has 0 spiro atoms. The van der Waals surface area contributed by atoms with Crippen LogP contribution in [-0.4, -0.2) is 17.5 Å².